The molecular weight excluding hydrogens is 488 g/mol. The third-order valence-corrected chi connectivity index (χ3v) is 7.71. The molecule has 3 aromatic carbocycles. The van der Waals surface area contributed by atoms with E-state index in [2.05, 4.69) is 11.8 Å². The van der Waals surface area contributed by atoms with Crippen LogP contribution in [-0.4, -0.2) is 44.1 Å². The van der Waals surface area contributed by atoms with Crippen molar-refractivity contribution in [2.45, 2.75) is 29.2 Å². The molecule has 3 aromatic rings. The molecule has 1 amide bonds. The second-order valence-corrected chi connectivity index (χ2v) is 12.0. The summed E-state index contributed by atoms with van der Waals surface area (Å²) in [6.07, 6.45) is 0.868. The molecule has 8 nitrogen and oxygen atoms in total. The van der Waals surface area contributed by atoms with E-state index in [0.29, 0.717) is 16.7 Å². The van der Waals surface area contributed by atoms with Crippen LogP contribution in [0.3, 0.4) is 0 Å². The van der Waals surface area contributed by atoms with Crippen LogP contribution >= 0.6 is 0 Å². The van der Waals surface area contributed by atoms with Crippen molar-refractivity contribution < 1.29 is 26.7 Å². The summed E-state index contributed by atoms with van der Waals surface area (Å²) in [6.45, 7) is 3.10. The van der Waals surface area contributed by atoms with Crippen LogP contribution in [0.2, 0.25) is 0 Å². The zero-order valence-corrected chi connectivity index (χ0v) is 20.9. The number of hydrogen-bond donors (Lipinski definition) is 2. The van der Waals surface area contributed by atoms with Crippen LogP contribution in [0.1, 0.15) is 29.8 Å². The third kappa shape index (κ3) is 5.96. The van der Waals surface area contributed by atoms with E-state index in [0.717, 1.165) is 18.4 Å². The van der Waals surface area contributed by atoms with Gasteiger partial charge < -0.3 is 5.11 Å². The third-order valence-electron chi connectivity index (χ3n) is 4.83. The number of hydrogen-bond acceptors (Lipinski definition) is 7. The Bertz CT molecular complexity index is 1560. The smallest absolute Gasteiger partial charge is 0.282 e. The van der Waals surface area contributed by atoms with E-state index in [1.807, 2.05) is 0 Å². The number of amides is 1. The molecule has 3 N–H and O–H groups in total. The zero-order chi connectivity index (χ0) is 26.0. The van der Waals surface area contributed by atoms with Gasteiger partial charge in [0.25, 0.3) is 15.9 Å². The van der Waals surface area contributed by atoms with Gasteiger partial charge in [0.05, 0.1) is 4.90 Å². The Morgan fingerprint density at radius 1 is 0.914 bits per heavy atom. The van der Waals surface area contributed by atoms with Crippen molar-refractivity contribution in [2.24, 2.45) is 5.84 Å². The number of hydrazine groups is 1. The molecular formula is C25H24N2O6S2. The first kappa shape index (κ1) is 26.1. The van der Waals surface area contributed by atoms with Crippen LogP contribution in [0.4, 0.5) is 0 Å². The standard InChI is InChI=1S/C25H24N2O6S2/c1-25(2,29)16-15-18-9-8-10-19(17-18)20-11-4-5-12-21(20)24(28)27(26)35(32,33)23-14-7-6-13-22(23)34(3,30)31/h4-14,17,29H,26H2,1-3H3. The maximum absolute atomic E-state index is 13.3. The number of benzene rings is 3. The van der Waals surface area contributed by atoms with Gasteiger partial charge in [-0.3, -0.25) is 4.79 Å². The van der Waals surface area contributed by atoms with Gasteiger partial charge in [0, 0.05) is 17.4 Å². The molecule has 0 heterocycles. The number of carbonyl (C=O) groups is 1. The summed E-state index contributed by atoms with van der Waals surface area (Å²) >= 11 is 0. The lowest BCUT2D eigenvalue weighted by Gasteiger charge is -2.20. The Kier molecular flexibility index (Phi) is 7.19. The molecule has 182 valence electrons. The Labute approximate surface area is 205 Å². The fourth-order valence-electron chi connectivity index (χ4n) is 3.21. The van der Waals surface area contributed by atoms with E-state index in [1.54, 1.807) is 56.3 Å². The van der Waals surface area contributed by atoms with E-state index in [-0.39, 0.29) is 9.98 Å². The number of rotatable bonds is 5. The molecule has 0 bridgehead atoms. The second kappa shape index (κ2) is 9.64. The summed E-state index contributed by atoms with van der Waals surface area (Å²) in [6, 6.07) is 18.1. The lowest BCUT2D eigenvalue weighted by molar-refractivity contribution is 0.0861. The molecule has 0 aliphatic heterocycles. The van der Waals surface area contributed by atoms with Crippen molar-refractivity contribution in [1.82, 2.24) is 4.41 Å². The molecule has 0 aromatic heterocycles. The number of sulfonamides is 1. The molecule has 10 heteroatoms. The summed E-state index contributed by atoms with van der Waals surface area (Å²) in [7, 11) is -8.62. The first-order valence-electron chi connectivity index (χ1n) is 10.3. The van der Waals surface area contributed by atoms with Crippen LogP contribution in [0.25, 0.3) is 11.1 Å². The Morgan fingerprint density at radius 3 is 2.14 bits per heavy atom. The number of sulfone groups is 1. The van der Waals surface area contributed by atoms with Crippen molar-refractivity contribution in [2.75, 3.05) is 6.26 Å². The molecule has 0 saturated heterocycles. The van der Waals surface area contributed by atoms with E-state index >= 15 is 0 Å². The average molecular weight is 513 g/mol. The average Bonchev–Trinajstić information content (AvgIpc) is 2.81. The summed E-state index contributed by atoms with van der Waals surface area (Å²) in [5.74, 6) is 10.3. The van der Waals surface area contributed by atoms with Gasteiger partial charge in [0.15, 0.2) is 9.84 Å². The molecule has 0 aliphatic carbocycles. The largest absolute Gasteiger partial charge is 0.378 e. The first-order valence-corrected chi connectivity index (χ1v) is 13.6. The van der Waals surface area contributed by atoms with Crippen LogP contribution in [-0.2, 0) is 19.9 Å². The molecule has 0 aliphatic rings. The highest BCUT2D eigenvalue weighted by Gasteiger charge is 2.32. The minimum atomic E-state index is -4.70. The quantitative estimate of drug-likeness (QED) is 0.232. The van der Waals surface area contributed by atoms with Gasteiger partial charge in [-0.2, -0.15) is 12.8 Å². The zero-order valence-electron chi connectivity index (χ0n) is 19.3. The fraction of sp³-hybridized carbons (Fsp3) is 0.160. The topological polar surface area (TPSA) is 135 Å². The van der Waals surface area contributed by atoms with Gasteiger partial charge in [0.1, 0.15) is 10.5 Å². The predicted molar refractivity (Wildman–Crippen MR) is 132 cm³/mol. The maximum Gasteiger partial charge on any atom is 0.282 e. The number of nitrogens with two attached hydrogens (primary N) is 1. The Morgan fingerprint density at radius 2 is 1.51 bits per heavy atom. The predicted octanol–water partition coefficient (Wildman–Crippen LogP) is 2.58. The molecule has 0 radical (unpaired) electrons. The number of carbonyl (C=O) groups excluding carboxylic acids is 1. The summed E-state index contributed by atoms with van der Waals surface area (Å²) in [5, 5.41) is 9.85. The highest BCUT2D eigenvalue weighted by atomic mass is 32.2. The van der Waals surface area contributed by atoms with E-state index < -0.39 is 41.2 Å². The molecule has 0 saturated carbocycles. The molecule has 0 atom stereocenters. The van der Waals surface area contributed by atoms with E-state index in [9.17, 15) is 26.7 Å². The number of aliphatic hydroxyl groups is 1. The van der Waals surface area contributed by atoms with Gasteiger partial charge in [-0.05, 0) is 55.3 Å². The summed E-state index contributed by atoms with van der Waals surface area (Å²) in [4.78, 5) is 12.2. The normalized spacial score (nSPS) is 11.9. The molecule has 0 unspecified atom stereocenters. The van der Waals surface area contributed by atoms with Crippen molar-refractivity contribution in [3.63, 3.8) is 0 Å². The van der Waals surface area contributed by atoms with Crippen molar-refractivity contribution in [1.29, 1.82) is 0 Å². The van der Waals surface area contributed by atoms with Gasteiger partial charge in [-0.15, -0.1) is 0 Å². The summed E-state index contributed by atoms with van der Waals surface area (Å²) < 4.78 is 50.6. The van der Waals surface area contributed by atoms with Gasteiger partial charge in [-0.1, -0.05) is 54.3 Å². The fourth-order valence-corrected chi connectivity index (χ4v) is 5.85. The van der Waals surface area contributed by atoms with E-state index in [4.69, 9.17) is 5.84 Å². The molecule has 0 fully saturated rings. The molecule has 3 rings (SSSR count). The molecule has 0 spiro atoms. The second-order valence-electron chi connectivity index (χ2n) is 8.26. The Hall–Kier alpha value is -3.49. The highest BCUT2D eigenvalue weighted by Crippen LogP contribution is 2.28. The van der Waals surface area contributed by atoms with Crippen molar-refractivity contribution in [3.8, 4) is 23.0 Å². The van der Waals surface area contributed by atoms with Gasteiger partial charge >= 0.3 is 0 Å². The summed E-state index contributed by atoms with van der Waals surface area (Å²) in [5.41, 5.74) is 0.333. The maximum atomic E-state index is 13.3. The molecule has 35 heavy (non-hydrogen) atoms. The van der Waals surface area contributed by atoms with Crippen molar-refractivity contribution in [3.05, 3.63) is 83.9 Å². The van der Waals surface area contributed by atoms with E-state index in [1.165, 1.54) is 18.2 Å². The Balaban J connectivity index is 2.07. The first-order chi connectivity index (χ1) is 16.2. The van der Waals surface area contributed by atoms with Crippen molar-refractivity contribution >= 4 is 25.8 Å². The van der Waals surface area contributed by atoms with Crippen LogP contribution < -0.4 is 5.84 Å². The van der Waals surface area contributed by atoms with Gasteiger partial charge in [-0.25, -0.2) is 14.3 Å². The minimum absolute atomic E-state index is 0.0111. The number of nitrogens with zero attached hydrogens (tertiary/aromatic N) is 1. The lowest BCUT2D eigenvalue weighted by atomic mass is 9.97. The van der Waals surface area contributed by atoms with Crippen LogP contribution in [0.15, 0.2) is 82.6 Å². The lowest BCUT2D eigenvalue weighted by Crippen LogP contribution is -2.43. The monoisotopic (exact) mass is 512 g/mol. The highest BCUT2D eigenvalue weighted by molar-refractivity contribution is 7.93. The minimum Gasteiger partial charge on any atom is -0.378 e. The SMILES string of the molecule is CC(C)(O)C#Cc1cccc(-c2ccccc2C(=O)N(N)S(=O)(=O)c2ccccc2S(C)(=O)=O)c1. The van der Waals surface area contributed by atoms with Gasteiger partial charge in [0.2, 0.25) is 0 Å². The van der Waals surface area contributed by atoms with Crippen LogP contribution in [0.5, 0.6) is 0 Å². The van der Waals surface area contributed by atoms with Crippen LogP contribution in [0, 0.1) is 11.8 Å².